The predicted molar refractivity (Wildman–Crippen MR) is 83.3 cm³/mol. The van der Waals surface area contributed by atoms with E-state index in [1.165, 1.54) is 0 Å². The average molecular weight is 310 g/mol. The van der Waals surface area contributed by atoms with Crippen LogP contribution in [0.25, 0.3) is 0 Å². The lowest BCUT2D eigenvalue weighted by atomic mass is 9.97. The van der Waals surface area contributed by atoms with E-state index in [-0.39, 0.29) is 0 Å². The molecule has 1 heterocycles. The molecule has 1 saturated heterocycles. The molecular formula is C15H20ClN3O2. The minimum Gasteiger partial charge on any atom is -0.348 e. The number of nitrogens with zero attached hydrogens (tertiary/aromatic N) is 1. The first-order valence-corrected chi connectivity index (χ1v) is 7.45. The van der Waals surface area contributed by atoms with E-state index in [1.807, 2.05) is 0 Å². The van der Waals surface area contributed by atoms with E-state index in [4.69, 9.17) is 11.6 Å². The van der Waals surface area contributed by atoms with Gasteiger partial charge in [-0.1, -0.05) is 17.7 Å². The van der Waals surface area contributed by atoms with Gasteiger partial charge in [-0.2, -0.15) is 0 Å². The fourth-order valence-electron chi connectivity index (χ4n) is 2.34. The van der Waals surface area contributed by atoms with Crippen LogP contribution in [0.3, 0.4) is 0 Å². The molecule has 1 aliphatic rings. The lowest BCUT2D eigenvalue weighted by Gasteiger charge is -2.28. The predicted octanol–water partition coefficient (Wildman–Crippen LogP) is 1.74. The summed E-state index contributed by atoms with van der Waals surface area (Å²) in [4.78, 5) is 25.8. The number of carbonyl (C=O) groups excluding carboxylic acids is 2. The topological polar surface area (TPSA) is 61.4 Å². The van der Waals surface area contributed by atoms with Gasteiger partial charge in [-0.3, -0.25) is 9.59 Å². The Hall–Kier alpha value is -1.59. The van der Waals surface area contributed by atoms with Gasteiger partial charge in [-0.25, -0.2) is 0 Å². The molecule has 0 bridgehead atoms. The number of hydrogen-bond donors (Lipinski definition) is 2. The third kappa shape index (κ3) is 5.02. The molecule has 0 radical (unpaired) electrons. The Morgan fingerprint density at radius 1 is 1.29 bits per heavy atom. The van der Waals surface area contributed by atoms with E-state index >= 15 is 0 Å². The van der Waals surface area contributed by atoms with Crippen molar-refractivity contribution in [2.45, 2.75) is 12.8 Å². The van der Waals surface area contributed by atoms with Gasteiger partial charge in [0, 0.05) is 17.3 Å². The van der Waals surface area contributed by atoms with Gasteiger partial charge >= 0.3 is 11.8 Å². The maximum Gasteiger partial charge on any atom is 0.313 e. The van der Waals surface area contributed by atoms with Gasteiger partial charge in [-0.15, -0.1) is 0 Å². The molecule has 1 aromatic carbocycles. The molecule has 2 N–H and O–H groups in total. The number of nitrogens with one attached hydrogen (secondary N) is 2. The molecule has 0 saturated carbocycles. The van der Waals surface area contributed by atoms with Crippen molar-refractivity contribution in [2.75, 3.05) is 32.0 Å². The van der Waals surface area contributed by atoms with Gasteiger partial charge in [0.1, 0.15) is 0 Å². The summed E-state index contributed by atoms with van der Waals surface area (Å²) in [6.07, 6.45) is 2.10. The van der Waals surface area contributed by atoms with Crippen LogP contribution in [0, 0.1) is 5.92 Å². The average Bonchev–Trinajstić information content (AvgIpc) is 2.46. The summed E-state index contributed by atoms with van der Waals surface area (Å²) in [5, 5.41) is 5.75. The molecule has 2 amide bonds. The fraction of sp³-hybridized carbons (Fsp3) is 0.467. The zero-order valence-corrected chi connectivity index (χ0v) is 12.8. The SMILES string of the molecule is CN1CCC(CNC(=O)C(=O)Nc2cccc(Cl)c2)CC1. The molecule has 1 fully saturated rings. The quantitative estimate of drug-likeness (QED) is 0.836. The second-order valence-corrected chi connectivity index (χ2v) is 5.86. The van der Waals surface area contributed by atoms with Crippen molar-refractivity contribution in [3.63, 3.8) is 0 Å². The van der Waals surface area contributed by atoms with Gasteiger partial charge in [0.15, 0.2) is 0 Å². The smallest absolute Gasteiger partial charge is 0.313 e. The molecule has 0 aliphatic carbocycles. The number of amides is 2. The van der Waals surface area contributed by atoms with Crippen LogP contribution in [-0.2, 0) is 9.59 Å². The number of anilines is 1. The summed E-state index contributed by atoms with van der Waals surface area (Å²) >= 11 is 5.83. The minimum atomic E-state index is -0.662. The zero-order valence-electron chi connectivity index (χ0n) is 12.1. The van der Waals surface area contributed by atoms with Gasteiger partial charge in [0.25, 0.3) is 0 Å². The van der Waals surface area contributed by atoms with Crippen LogP contribution < -0.4 is 10.6 Å². The van der Waals surface area contributed by atoms with Crippen LogP contribution in [0.1, 0.15) is 12.8 Å². The summed E-state index contributed by atoms with van der Waals surface area (Å²) in [6, 6.07) is 6.71. The first-order valence-electron chi connectivity index (χ1n) is 7.08. The largest absolute Gasteiger partial charge is 0.348 e. The summed E-state index contributed by atoms with van der Waals surface area (Å²) in [5.74, 6) is -0.816. The Labute approximate surface area is 129 Å². The Kier molecular flexibility index (Phi) is 5.59. The van der Waals surface area contributed by atoms with Gasteiger partial charge in [0.2, 0.25) is 0 Å². The van der Waals surface area contributed by atoms with Gasteiger partial charge in [-0.05, 0) is 57.1 Å². The molecule has 21 heavy (non-hydrogen) atoms. The highest BCUT2D eigenvalue weighted by Crippen LogP contribution is 2.15. The van der Waals surface area contributed by atoms with E-state index in [2.05, 4.69) is 22.6 Å². The summed E-state index contributed by atoms with van der Waals surface area (Å²) in [6.45, 7) is 2.63. The van der Waals surface area contributed by atoms with Crippen molar-refractivity contribution in [3.05, 3.63) is 29.3 Å². The van der Waals surface area contributed by atoms with E-state index < -0.39 is 11.8 Å². The number of carbonyl (C=O) groups is 2. The molecule has 6 heteroatoms. The van der Waals surface area contributed by atoms with Crippen molar-refractivity contribution in [2.24, 2.45) is 5.92 Å². The molecular weight excluding hydrogens is 290 g/mol. The first kappa shape index (κ1) is 15.8. The Bertz CT molecular complexity index is 513. The fourth-order valence-corrected chi connectivity index (χ4v) is 2.53. The number of benzene rings is 1. The maximum atomic E-state index is 11.8. The van der Waals surface area contributed by atoms with E-state index in [9.17, 15) is 9.59 Å². The lowest BCUT2D eigenvalue weighted by molar-refractivity contribution is -0.136. The first-order chi connectivity index (χ1) is 10.0. The highest BCUT2D eigenvalue weighted by molar-refractivity contribution is 6.39. The number of rotatable bonds is 3. The van der Waals surface area contributed by atoms with Crippen LogP contribution in [0.4, 0.5) is 5.69 Å². The van der Waals surface area contributed by atoms with E-state index in [1.54, 1.807) is 24.3 Å². The molecule has 5 nitrogen and oxygen atoms in total. The minimum absolute atomic E-state index is 0.448. The van der Waals surface area contributed by atoms with Crippen LogP contribution in [0.15, 0.2) is 24.3 Å². The highest BCUT2D eigenvalue weighted by atomic mass is 35.5. The van der Waals surface area contributed by atoms with Crippen LogP contribution in [0.5, 0.6) is 0 Å². The van der Waals surface area contributed by atoms with Crippen molar-refractivity contribution in [1.29, 1.82) is 0 Å². The number of piperidine rings is 1. The standard InChI is InChI=1S/C15H20ClN3O2/c1-19-7-5-11(6-8-19)10-17-14(20)15(21)18-13-4-2-3-12(16)9-13/h2-4,9,11H,5-8,10H2,1H3,(H,17,20)(H,18,21). The Morgan fingerprint density at radius 2 is 2.00 bits per heavy atom. The second kappa shape index (κ2) is 7.43. The summed E-state index contributed by atoms with van der Waals surface area (Å²) < 4.78 is 0. The number of likely N-dealkylation sites (tertiary alicyclic amines) is 1. The highest BCUT2D eigenvalue weighted by Gasteiger charge is 2.19. The van der Waals surface area contributed by atoms with Gasteiger partial charge in [0.05, 0.1) is 0 Å². The van der Waals surface area contributed by atoms with Crippen molar-refractivity contribution >= 4 is 29.1 Å². The molecule has 0 aromatic heterocycles. The van der Waals surface area contributed by atoms with Gasteiger partial charge < -0.3 is 15.5 Å². The van der Waals surface area contributed by atoms with Crippen LogP contribution >= 0.6 is 11.6 Å². The molecule has 1 aliphatic heterocycles. The molecule has 0 spiro atoms. The molecule has 0 atom stereocenters. The third-order valence-electron chi connectivity index (χ3n) is 3.68. The van der Waals surface area contributed by atoms with Crippen LogP contribution in [-0.4, -0.2) is 43.4 Å². The summed E-state index contributed by atoms with van der Waals surface area (Å²) in [5.41, 5.74) is 0.516. The van der Waals surface area contributed by atoms with Crippen LogP contribution in [0.2, 0.25) is 5.02 Å². The molecule has 114 valence electrons. The van der Waals surface area contributed by atoms with Crippen molar-refractivity contribution in [1.82, 2.24) is 10.2 Å². The lowest BCUT2D eigenvalue weighted by Crippen LogP contribution is -2.41. The van der Waals surface area contributed by atoms with Crippen molar-refractivity contribution in [3.8, 4) is 0 Å². The number of halogens is 1. The van der Waals surface area contributed by atoms with Crippen molar-refractivity contribution < 1.29 is 9.59 Å². The molecule has 0 unspecified atom stereocenters. The maximum absolute atomic E-state index is 11.8. The molecule has 2 rings (SSSR count). The van der Waals surface area contributed by atoms with E-state index in [0.717, 1.165) is 25.9 Å². The second-order valence-electron chi connectivity index (χ2n) is 5.42. The number of hydrogen-bond acceptors (Lipinski definition) is 3. The monoisotopic (exact) mass is 309 g/mol. The van der Waals surface area contributed by atoms with E-state index in [0.29, 0.717) is 23.2 Å². The Morgan fingerprint density at radius 3 is 2.67 bits per heavy atom. The normalized spacial score (nSPS) is 16.5. The Balaban J connectivity index is 1.76. The third-order valence-corrected chi connectivity index (χ3v) is 3.91. The summed E-state index contributed by atoms with van der Waals surface area (Å²) in [7, 11) is 2.09. The molecule has 1 aromatic rings. The zero-order chi connectivity index (χ0) is 15.2.